The fourth-order valence-corrected chi connectivity index (χ4v) is 5.06. The molecular formula is C26H27ClO3S. The third kappa shape index (κ3) is 5.50. The normalized spacial score (nSPS) is 15.0. The molecular weight excluding hydrogens is 428 g/mol. The highest BCUT2D eigenvalue weighted by Crippen LogP contribution is 2.34. The maximum Gasteiger partial charge on any atom is 0.175 e. The van der Waals surface area contributed by atoms with Crippen LogP contribution in [-0.4, -0.2) is 14.7 Å². The van der Waals surface area contributed by atoms with Crippen molar-refractivity contribution in [2.75, 3.05) is 6.26 Å². The van der Waals surface area contributed by atoms with Gasteiger partial charge in [0, 0.05) is 11.3 Å². The first-order valence-electron chi connectivity index (χ1n) is 10.7. The lowest BCUT2D eigenvalue weighted by Gasteiger charge is -2.22. The van der Waals surface area contributed by atoms with Gasteiger partial charge in [-0.3, -0.25) is 0 Å². The van der Waals surface area contributed by atoms with Gasteiger partial charge in [0.1, 0.15) is 12.4 Å². The Kier molecular flexibility index (Phi) is 6.68. The fourth-order valence-electron chi connectivity index (χ4n) is 4.26. The van der Waals surface area contributed by atoms with Crippen molar-refractivity contribution >= 4 is 21.4 Å². The molecule has 0 aromatic heterocycles. The predicted octanol–water partition coefficient (Wildman–Crippen LogP) is 7.04. The molecule has 0 aliphatic heterocycles. The molecule has 0 unspecified atom stereocenters. The van der Waals surface area contributed by atoms with Crippen LogP contribution in [0.3, 0.4) is 0 Å². The molecule has 31 heavy (non-hydrogen) atoms. The summed E-state index contributed by atoms with van der Waals surface area (Å²) in [6.07, 6.45) is 7.73. The van der Waals surface area contributed by atoms with E-state index < -0.39 is 9.84 Å². The van der Waals surface area contributed by atoms with Crippen molar-refractivity contribution in [3.05, 3.63) is 82.9 Å². The summed E-state index contributed by atoms with van der Waals surface area (Å²) >= 11 is 6.03. The molecule has 1 aliphatic rings. The SMILES string of the molecule is CS(=O)(=O)c1ccc(-c2ccc(Cl)cc2)c(COc2ccc(C3CCCCC3)cc2)c1. The van der Waals surface area contributed by atoms with Gasteiger partial charge >= 0.3 is 0 Å². The summed E-state index contributed by atoms with van der Waals surface area (Å²) in [6, 6.07) is 21.1. The first-order valence-corrected chi connectivity index (χ1v) is 13.0. The van der Waals surface area contributed by atoms with E-state index in [2.05, 4.69) is 12.1 Å². The molecule has 4 rings (SSSR count). The van der Waals surface area contributed by atoms with Crippen LogP contribution < -0.4 is 4.74 Å². The van der Waals surface area contributed by atoms with Crippen LogP contribution in [-0.2, 0) is 16.4 Å². The van der Waals surface area contributed by atoms with Gasteiger partial charge in [-0.05, 0) is 77.4 Å². The quantitative estimate of drug-likeness (QED) is 0.401. The Bertz CT molecular complexity index is 1130. The van der Waals surface area contributed by atoms with Gasteiger partial charge in [0.15, 0.2) is 9.84 Å². The second kappa shape index (κ2) is 9.46. The molecule has 0 amide bonds. The van der Waals surface area contributed by atoms with E-state index in [1.807, 2.05) is 42.5 Å². The van der Waals surface area contributed by atoms with E-state index in [-0.39, 0.29) is 11.5 Å². The largest absolute Gasteiger partial charge is 0.489 e. The average molecular weight is 455 g/mol. The molecule has 3 aromatic carbocycles. The Balaban J connectivity index is 1.56. The lowest BCUT2D eigenvalue weighted by Crippen LogP contribution is -2.05. The number of benzene rings is 3. The zero-order valence-corrected chi connectivity index (χ0v) is 19.3. The molecule has 1 aliphatic carbocycles. The summed E-state index contributed by atoms with van der Waals surface area (Å²) in [5, 5.41) is 0.660. The van der Waals surface area contributed by atoms with E-state index in [0.717, 1.165) is 22.4 Å². The Morgan fingerprint density at radius 2 is 1.58 bits per heavy atom. The van der Waals surface area contributed by atoms with Crippen LogP contribution in [0.2, 0.25) is 5.02 Å². The maximum absolute atomic E-state index is 12.1. The van der Waals surface area contributed by atoms with E-state index >= 15 is 0 Å². The van der Waals surface area contributed by atoms with Crippen molar-refractivity contribution in [3.63, 3.8) is 0 Å². The second-order valence-electron chi connectivity index (χ2n) is 8.29. The van der Waals surface area contributed by atoms with Crippen LogP contribution in [0.5, 0.6) is 5.75 Å². The third-order valence-electron chi connectivity index (χ3n) is 6.01. The summed E-state index contributed by atoms with van der Waals surface area (Å²) in [7, 11) is -3.31. The van der Waals surface area contributed by atoms with Crippen molar-refractivity contribution in [2.24, 2.45) is 0 Å². The second-order valence-corrected chi connectivity index (χ2v) is 10.7. The molecule has 0 saturated heterocycles. The summed E-state index contributed by atoms with van der Waals surface area (Å²) in [6.45, 7) is 0.282. The third-order valence-corrected chi connectivity index (χ3v) is 7.37. The van der Waals surface area contributed by atoms with Crippen LogP contribution in [0.4, 0.5) is 0 Å². The van der Waals surface area contributed by atoms with Crippen molar-refractivity contribution < 1.29 is 13.2 Å². The Labute approximate surface area is 190 Å². The van der Waals surface area contributed by atoms with Gasteiger partial charge in [-0.1, -0.05) is 61.2 Å². The highest BCUT2D eigenvalue weighted by molar-refractivity contribution is 7.90. The zero-order chi connectivity index (χ0) is 21.8. The number of hydrogen-bond donors (Lipinski definition) is 0. The Hall–Kier alpha value is -2.30. The van der Waals surface area contributed by atoms with Crippen LogP contribution in [0.1, 0.15) is 49.1 Å². The molecule has 0 atom stereocenters. The molecule has 1 saturated carbocycles. The first-order chi connectivity index (χ1) is 14.9. The standard InChI is InChI=1S/C26H27ClO3S/c1-31(28,29)25-15-16-26(21-7-11-23(27)12-8-21)22(17-25)18-30-24-13-9-20(10-14-24)19-5-3-2-4-6-19/h7-17,19H,2-6,18H2,1H3. The average Bonchev–Trinajstić information content (AvgIpc) is 2.78. The molecule has 5 heteroatoms. The Morgan fingerprint density at radius 1 is 0.903 bits per heavy atom. The molecule has 0 spiro atoms. The van der Waals surface area contributed by atoms with E-state index in [0.29, 0.717) is 10.9 Å². The molecule has 3 aromatic rings. The summed E-state index contributed by atoms with van der Waals surface area (Å²) < 4.78 is 30.2. The fraction of sp³-hybridized carbons (Fsp3) is 0.308. The van der Waals surface area contributed by atoms with Crippen molar-refractivity contribution in [1.29, 1.82) is 0 Å². The number of ether oxygens (including phenoxy) is 1. The van der Waals surface area contributed by atoms with E-state index in [1.165, 1.54) is 43.9 Å². The zero-order valence-electron chi connectivity index (χ0n) is 17.7. The topological polar surface area (TPSA) is 43.4 Å². The molecule has 0 radical (unpaired) electrons. The van der Waals surface area contributed by atoms with Crippen LogP contribution in [0.25, 0.3) is 11.1 Å². The monoisotopic (exact) mass is 454 g/mol. The number of rotatable bonds is 6. The van der Waals surface area contributed by atoms with E-state index in [9.17, 15) is 8.42 Å². The minimum atomic E-state index is -3.31. The van der Waals surface area contributed by atoms with Gasteiger partial charge < -0.3 is 4.74 Å². The molecule has 0 N–H and O–H groups in total. The van der Waals surface area contributed by atoms with Crippen LogP contribution >= 0.6 is 11.6 Å². The van der Waals surface area contributed by atoms with Crippen molar-refractivity contribution in [2.45, 2.75) is 49.5 Å². The summed E-state index contributed by atoms with van der Waals surface area (Å²) in [5.74, 6) is 1.44. The van der Waals surface area contributed by atoms with Gasteiger partial charge in [0.2, 0.25) is 0 Å². The minimum absolute atomic E-state index is 0.282. The molecule has 162 valence electrons. The molecule has 0 heterocycles. The van der Waals surface area contributed by atoms with Crippen molar-refractivity contribution in [3.8, 4) is 16.9 Å². The summed E-state index contributed by atoms with van der Waals surface area (Å²) in [4.78, 5) is 0.288. The highest BCUT2D eigenvalue weighted by atomic mass is 35.5. The van der Waals surface area contributed by atoms with Crippen LogP contribution in [0.15, 0.2) is 71.6 Å². The number of hydrogen-bond acceptors (Lipinski definition) is 3. The predicted molar refractivity (Wildman–Crippen MR) is 127 cm³/mol. The van der Waals surface area contributed by atoms with Gasteiger partial charge in [-0.15, -0.1) is 0 Å². The lowest BCUT2D eigenvalue weighted by molar-refractivity contribution is 0.306. The van der Waals surface area contributed by atoms with Gasteiger partial charge in [0.25, 0.3) is 0 Å². The highest BCUT2D eigenvalue weighted by Gasteiger charge is 2.16. The van der Waals surface area contributed by atoms with Gasteiger partial charge in [0.05, 0.1) is 4.90 Å². The minimum Gasteiger partial charge on any atom is -0.489 e. The van der Waals surface area contributed by atoms with Crippen molar-refractivity contribution in [1.82, 2.24) is 0 Å². The Morgan fingerprint density at radius 3 is 2.23 bits per heavy atom. The van der Waals surface area contributed by atoms with E-state index in [4.69, 9.17) is 16.3 Å². The molecule has 0 bridgehead atoms. The maximum atomic E-state index is 12.1. The lowest BCUT2D eigenvalue weighted by atomic mass is 9.84. The molecule has 1 fully saturated rings. The smallest absolute Gasteiger partial charge is 0.175 e. The van der Waals surface area contributed by atoms with Gasteiger partial charge in [-0.25, -0.2) is 8.42 Å². The number of sulfone groups is 1. The number of halogens is 1. The van der Waals surface area contributed by atoms with Crippen LogP contribution in [0, 0.1) is 0 Å². The van der Waals surface area contributed by atoms with Gasteiger partial charge in [-0.2, -0.15) is 0 Å². The van der Waals surface area contributed by atoms with E-state index in [1.54, 1.807) is 12.1 Å². The first kappa shape index (κ1) is 21.9. The summed E-state index contributed by atoms with van der Waals surface area (Å²) in [5.41, 5.74) is 4.10. The molecule has 3 nitrogen and oxygen atoms in total.